The van der Waals surface area contributed by atoms with Gasteiger partial charge in [-0.15, -0.1) is 0 Å². The molecule has 2 aliphatic rings. The molecule has 22 heavy (non-hydrogen) atoms. The first-order valence-corrected chi connectivity index (χ1v) is 10.4. The Bertz CT molecular complexity index is 488. The number of allylic oxidation sites excluding steroid dienone is 1. The van der Waals surface area contributed by atoms with Gasteiger partial charge in [-0.1, -0.05) is 25.3 Å². The van der Waals surface area contributed by atoms with E-state index in [9.17, 15) is 13.2 Å². The Balaban J connectivity index is 1.71. The molecule has 0 unspecified atom stereocenters. The second-order valence-corrected chi connectivity index (χ2v) is 8.81. The minimum atomic E-state index is -2.91. The molecule has 2 fully saturated rings. The summed E-state index contributed by atoms with van der Waals surface area (Å²) in [5, 5.41) is 0. The smallest absolute Gasteiger partial charge is 0.246 e. The van der Waals surface area contributed by atoms with Gasteiger partial charge in [-0.3, -0.25) is 9.69 Å². The fourth-order valence-electron chi connectivity index (χ4n) is 3.14. The number of hydrogen-bond acceptors (Lipinski definition) is 4. The monoisotopic (exact) mass is 328 g/mol. The lowest BCUT2D eigenvalue weighted by Crippen LogP contribution is -2.49. The molecule has 0 aromatic rings. The highest BCUT2D eigenvalue weighted by Gasteiger charge is 2.20. The number of nitrogens with zero attached hydrogens (tertiary/aromatic N) is 2. The van der Waals surface area contributed by atoms with E-state index < -0.39 is 9.84 Å². The Morgan fingerprint density at radius 1 is 1.09 bits per heavy atom. The molecule has 0 bridgehead atoms. The second-order valence-electron chi connectivity index (χ2n) is 6.55. The summed E-state index contributed by atoms with van der Waals surface area (Å²) in [5.74, 6) is 0.879. The van der Waals surface area contributed by atoms with Crippen LogP contribution in [0.3, 0.4) is 0 Å². The third-order valence-corrected chi connectivity index (χ3v) is 5.55. The molecule has 2 rings (SSSR count). The average Bonchev–Trinajstić information content (AvgIpc) is 2.51. The Morgan fingerprint density at radius 3 is 2.32 bits per heavy atom. The van der Waals surface area contributed by atoms with E-state index in [4.69, 9.17) is 0 Å². The van der Waals surface area contributed by atoms with Gasteiger partial charge in [-0.05, 0) is 24.8 Å². The summed E-state index contributed by atoms with van der Waals surface area (Å²) in [6.07, 6.45) is 11.4. The van der Waals surface area contributed by atoms with Crippen molar-refractivity contribution in [3.63, 3.8) is 0 Å². The van der Waals surface area contributed by atoms with Gasteiger partial charge < -0.3 is 4.90 Å². The lowest BCUT2D eigenvalue weighted by atomic mass is 9.89. The van der Waals surface area contributed by atoms with E-state index >= 15 is 0 Å². The molecule has 1 saturated carbocycles. The molecule has 0 spiro atoms. The van der Waals surface area contributed by atoms with Gasteiger partial charge in [0.1, 0.15) is 9.84 Å². The molecule has 0 atom stereocenters. The van der Waals surface area contributed by atoms with Crippen molar-refractivity contribution in [2.24, 2.45) is 5.92 Å². The van der Waals surface area contributed by atoms with Crippen LogP contribution in [0.4, 0.5) is 0 Å². The van der Waals surface area contributed by atoms with Crippen molar-refractivity contribution in [1.82, 2.24) is 9.80 Å². The van der Waals surface area contributed by atoms with E-state index in [2.05, 4.69) is 11.0 Å². The maximum atomic E-state index is 12.2. The summed E-state index contributed by atoms with van der Waals surface area (Å²) in [6, 6.07) is 0. The molecular formula is C16H28N2O3S. The summed E-state index contributed by atoms with van der Waals surface area (Å²) in [7, 11) is -2.91. The number of sulfone groups is 1. The fraction of sp³-hybridized carbons (Fsp3) is 0.812. The standard InChI is InChI=1S/C16H28N2O3S/c1-22(20,21)14-13-17-9-11-18(12-10-17)16(19)8-7-15-5-3-2-4-6-15/h7-8,15H,2-6,9-14H2,1H3/b8-7-. The molecule has 1 saturated heterocycles. The van der Waals surface area contributed by atoms with Gasteiger partial charge in [-0.2, -0.15) is 0 Å². The van der Waals surface area contributed by atoms with E-state index in [1.165, 1.54) is 38.4 Å². The number of carbonyl (C=O) groups is 1. The largest absolute Gasteiger partial charge is 0.337 e. The van der Waals surface area contributed by atoms with Crippen molar-refractivity contribution in [2.45, 2.75) is 32.1 Å². The Morgan fingerprint density at radius 2 is 1.73 bits per heavy atom. The van der Waals surface area contributed by atoms with E-state index in [1.807, 2.05) is 4.90 Å². The number of hydrogen-bond donors (Lipinski definition) is 0. The van der Waals surface area contributed by atoms with Crippen LogP contribution in [0.5, 0.6) is 0 Å². The highest BCUT2D eigenvalue weighted by molar-refractivity contribution is 7.90. The number of piperazine rings is 1. The van der Waals surface area contributed by atoms with Crippen LogP contribution in [0, 0.1) is 5.92 Å². The topological polar surface area (TPSA) is 57.7 Å². The maximum absolute atomic E-state index is 12.2. The van der Waals surface area contributed by atoms with Crippen LogP contribution in [0.25, 0.3) is 0 Å². The molecule has 126 valence electrons. The van der Waals surface area contributed by atoms with Gasteiger partial charge in [0.15, 0.2) is 0 Å². The van der Waals surface area contributed by atoms with Crippen LogP contribution < -0.4 is 0 Å². The molecule has 0 aromatic carbocycles. The highest BCUT2D eigenvalue weighted by Crippen LogP contribution is 2.24. The first-order valence-electron chi connectivity index (χ1n) is 8.31. The van der Waals surface area contributed by atoms with E-state index in [1.54, 1.807) is 6.08 Å². The van der Waals surface area contributed by atoms with Crippen LogP contribution in [-0.4, -0.2) is 68.9 Å². The first-order chi connectivity index (χ1) is 10.4. The van der Waals surface area contributed by atoms with Crippen LogP contribution in [0.15, 0.2) is 12.2 Å². The Hall–Kier alpha value is -0.880. The van der Waals surface area contributed by atoms with E-state index in [0.717, 1.165) is 13.1 Å². The van der Waals surface area contributed by atoms with Gasteiger partial charge in [-0.25, -0.2) is 8.42 Å². The van der Waals surface area contributed by atoms with Crippen molar-refractivity contribution < 1.29 is 13.2 Å². The van der Waals surface area contributed by atoms with Crippen LogP contribution in [-0.2, 0) is 14.6 Å². The van der Waals surface area contributed by atoms with Crippen molar-refractivity contribution in [3.05, 3.63) is 12.2 Å². The number of amides is 1. The minimum Gasteiger partial charge on any atom is -0.337 e. The molecule has 0 N–H and O–H groups in total. The van der Waals surface area contributed by atoms with Crippen molar-refractivity contribution in [1.29, 1.82) is 0 Å². The summed E-state index contributed by atoms with van der Waals surface area (Å²) in [5.41, 5.74) is 0. The first kappa shape index (κ1) is 17.5. The fourth-order valence-corrected chi connectivity index (χ4v) is 3.73. The lowest BCUT2D eigenvalue weighted by Gasteiger charge is -2.34. The zero-order chi connectivity index (χ0) is 16.0. The van der Waals surface area contributed by atoms with Gasteiger partial charge in [0, 0.05) is 39.0 Å². The predicted octanol–water partition coefficient (Wildman–Crippen LogP) is 1.31. The third-order valence-electron chi connectivity index (χ3n) is 4.62. The molecule has 1 aliphatic carbocycles. The predicted molar refractivity (Wildman–Crippen MR) is 88.4 cm³/mol. The molecule has 6 heteroatoms. The third kappa shape index (κ3) is 6.08. The molecule has 1 amide bonds. The summed E-state index contributed by atoms with van der Waals surface area (Å²) in [4.78, 5) is 16.2. The van der Waals surface area contributed by atoms with Crippen molar-refractivity contribution in [3.8, 4) is 0 Å². The molecule has 1 heterocycles. The molecular weight excluding hydrogens is 300 g/mol. The van der Waals surface area contributed by atoms with E-state index in [-0.39, 0.29) is 11.7 Å². The van der Waals surface area contributed by atoms with Crippen LogP contribution >= 0.6 is 0 Å². The molecule has 0 aromatic heterocycles. The molecule has 1 aliphatic heterocycles. The Labute approximate surface area is 134 Å². The van der Waals surface area contributed by atoms with Crippen LogP contribution in [0.1, 0.15) is 32.1 Å². The molecule has 0 radical (unpaired) electrons. The lowest BCUT2D eigenvalue weighted by molar-refractivity contribution is -0.127. The van der Waals surface area contributed by atoms with Gasteiger partial charge >= 0.3 is 0 Å². The summed E-state index contributed by atoms with van der Waals surface area (Å²) >= 11 is 0. The highest BCUT2D eigenvalue weighted by atomic mass is 32.2. The van der Waals surface area contributed by atoms with Gasteiger partial charge in [0.25, 0.3) is 0 Å². The minimum absolute atomic E-state index is 0.105. The summed E-state index contributed by atoms with van der Waals surface area (Å²) in [6.45, 7) is 3.48. The quantitative estimate of drug-likeness (QED) is 0.714. The van der Waals surface area contributed by atoms with Crippen LogP contribution in [0.2, 0.25) is 0 Å². The zero-order valence-corrected chi connectivity index (χ0v) is 14.4. The van der Waals surface area contributed by atoms with Gasteiger partial charge in [0.05, 0.1) is 5.75 Å². The second kappa shape index (κ2) is 8.11. The van der Waals surface area contributed by atoms with Crippen molar-refractivity contribution in [2.75, 3.05) is 44.7 Å². The average molecular weight is 328 g/mol. The number of carbonyl (C=O) groups excluding carboxylic acids is 1. The normalized spacial score (nSPS) is 22.3. The maximum Gasteiger partial charge on any atom is 0.246 e. The number of rotatable bonds is 5. The Kier molecular flexibility index (Phi) is 6.44. The van der Waals surface area contributed by atoms with Crippen molar-refractivity contribution >= 4 is 15.7 Å². The molecule has 5 nitrogen and oxygen atoms in total. The summed E-state index contributed by atoms with van der Waals surface area (Å²) < 4.78 is 22.4. The zero-order valence-electron chi connectivity index (χ0n) is 13.5. The SMILES string of the molecule is CS(=O)(=O)CCN1CCN(C(=O)/C=C\C2CCCCC2)CC1. The van der Waals surface area contributed by atoms with E-state index in [0.29, 0.717) is 25.6 Å². The van der Waals surface area contributed by atoms with Gasteiger partial charge in [0.2, 0.25) is 5.91 Å².